The Hall–Kier alpha value is -6.26. The molecule has 0 N–H and O–H groups in total. The maximum absolute atomic E-state index is 2.73. The van der Waals surface area contributed by atoms with Gasteiger partial charge in [0.15, 0.2) is 0 Å². The van der Waals surface area contributed by atoms with E-state index in [1.807, 2.05) is 0 Å². The molecule has 1 aromatic heterocycles. The van der Waals surface area contributed by atoms with Gasteiger partial charge in [-0.15, -0.1) is 0 Å². The van der Waals surface area contributed by atoms with Gasteiger partial charge < -0.3 is 14.4 Å². The smallest absolute Gasteiger partial charge is 0.252 e. The van der Waals surface area contributed by atoms with Gasteiger partial charge in [-0.3, -0.25) is 0 Å². The summed E-state index contributed by atoms with van der Waals surface area (Å²) in [5.74, 6) is 0. The van der Waals surface area contributed by atoms with Gasteiger partial charge in [-0.05, 0) is 172 Å². The van der Waals surface area contributed by atoms with Crippen molar-refractivity contribution < 1.29 is 0 Å². The lowest BCUT2D eigenvalue weighted by atomic mass is 9.33. The highest BCUT2D eigenvalue weighted by molar-refractivity contribution is 7.00. The number of hydrogen-bond acceptors (Lipinski definition) is 2. The predicted octanol–water partition coefficient (Wildman–Crippen LogP) is 14.9. The molecule has 4 aliphatic rings. The van der Waals surface area contributed by atoms with Gasteiger partial charge in [0.25, 0.3) is 6.71 Å². The highest BCUT2D eigenvalue weighted by Gasteiger charge is 2.48. The molecule has 3 heterocycles. The van der Waals surface area contributed by atoms with Crippen LogP contribution in [0.15, 0.2) is 127 Å². The predicted molar refractivity (Wildman–Crippen MR) is 288 cm³/mol. The molecule has 0 spiro atoms. The van der Waals surface area contributed by atoms with E-state index in [9.17, 15) is 0 Å². The zero-order valence-corrected chi connectivity index (χ0v) is 42.0. The molecule has 8 aromatic rings. The van der Waals surface area contributed by atoms with Crippen molar-refractivity contribution in [2.24, 2.45) is 0 Å². The Morgan fingerprint density at radius 3 is 1.82 bits per heavy atom. The molecule has 67 heavy (non-hydrogen) atoms. The van der Waals surface area contributed by atoms with Crippen LogP contribution >= 0.6 is 0 Å². The van der Waals surface area contributed by atoms with Gasteiger partial charge in [0.05, 0.1) is 0 Å². The fraction of sp³-hybridized carbons (Fsp3) is 0.302. The number of aromatic nitrogens is 1. The fourth-order valence-electron chi connectivity index (χ4n) is 13.0. The molecular weight excluding hydrogens is 810 g/mol. The van der Waals surface area contributed by atoms with E-state index in [-0.39, 0.29) is 28.4 Å². The summed E-state index contributed by atoms with van der Waals surface area (Å²) < 4.78 is 2.73. The van der Waals surface area contributed by atoms with Crippen LogP contribution in [0.25, 0.3) is 27.7 Å². The van der Waals surface area contributed by atoms with E-state index >= 15 is 0 Å². The molecule has 0 fully saturated rings. The quantitative estimate of drug-likeness (QED) is 0.163. The monoisotopic (exact) mass is 874 g/mol. The lowest BCUT2D eigenvalue weighted by Gasteiger charge is -2.45. The second kappa shape index (κ2) is 13.9. The minimum Gasteiger partial charge on any atom is -0.313 e. The highest BCUT2D eigenvalue weighted by Crippen LogP contribution is 2.56. The Labute approximate surface area is 399 Å². The van der Waals surface area contributed by atoms with E-state index in [0.29, 0.717) is 0 Å². The van der Waals surface area contributed by atoms with E-state index in [0.717, 1.165) is 5.69 Å². The van der Waals surface area contributed by atoms with Gasteiger partial charge in [-0.25, -0.2) is 0 Å². The molecule has 0 radical (unpaired) electrons. The number of para-hydroxylation sites is 2. The van der Waals surface area contributed by atoms with Crippen molar-refractivity contribution in [2.45, 2.75) is 125 Å². The van der Waals surface area contributed by atoms with Crippen molar-refractivity contribution in [3.05, 3.63) is 178 Å². The maximum atomic E-state index is 2.73. The number of anilines is 6. The number of rotatable bonds is 4. The van der Waals surface area contributed by atoms with Crippen LogP contribution in [0.2, 0.25) is 0 Å². The van der Waals surface area contributed by atoms with Gasteiger partial charge in [-0.2, -0.15) is 0 Å². The number of fused-ring (bicyclic) bond motifs is 10. The third kappa shape index (κ3) is 5.84. The molecule has 4 heteroatoms. The normalized spacial score (nSPS) is 16.6. The van der Waals surface area contributed by atoms with Crippen LogP contribution in [-0.2, 0) is 21.7 Å². The van der Waals surface area contributed by atoms with E-state index in [2.05, 4.69) is 232 Å². The van der Waals surface area contributed by atoms with E-state index in [1.165, 1.54) is 136 Å². The molecular formula is C63H64BN3. The Balaban J connectivity index is 1.23. The van der Waals surface area contributed by atoms with Gasteiger partial charge in [-0.1, -0.05) is 141 Å². The molecule has 0 saturated heterocycles. The lowest BCUT2D eigenvalue weighted by Crippen LogP contribution is -2.61. The standard InChI is InChI=1S/C63H64BN3/c1-37-30-54-57-55(31-37)67-58-44(56-43-22-16-17-23-45(43)63(12,13)59(56)67)33-41(60(5,6)7)34-49(58)64(57)48-27-26-42(65(50-24-18-14-20-38(50)2)51-25-19-15-21-39(51)3)35-53(48)66(54)52-36-47-46(32-40(52)4)61(8,9)28-29-62(47,10)11/h14-27,30-36H,28-29H2,1-13H3. The molecule has 12 rings (SSSR count). The summed E-state index contributed by atoms with van der Waals surface area (Å²) in [6, 6.07) is 49.7. The van der Waals surface area contributed by atoms with E-state index in [1.54, 1.807) is 0 Å². The molecule has 0 atom stereocenters. The molecule has 2 aliphatic heterocycles. The van der Waals surface area contributed by atoms with Crippen LogP contribution in [0.3, 0.4) is 0 Å². The summed E-state index contributed by atoms with van der Waals surface area (Å²) in [7, 11) is 0. The van der Waals surface area contributed by atoms with E-state index < -0.39 is 0 Å². The summed E-state index contributed by atoms with van der Waals surface area (Å²) in [5.41, 5.74) is 29.2. The van der Waals surface area contributed by atoms with Crippen molar-refractivity contribution in [3.8, 4) is 16.8 Å². The number of aryl methyl sites for hydroxylation is 4. The van der Waals surface area contributed by atoms with Crippen LogP contribution in [0, 0.1) is 27.7 Å². The second-order valence-electron chi connectivity index (χ2n) is 23.5. The van der Waals surface area contributed by atoms with Crippen LogP contribution in [0.1, 0.15) is 125 Å². The van der Waals surface area contributed by atoms with Crippen molar-refractivity contribution in [1.82, 2.24) is 4.57 Å². The van der Waals surface area contributed by atoms with Gasteiger partial charge in [0.1, 0.15) is 0 Å². The van der Waals surface area contributed by atoms with Gasteiger partial charge in [0, 0.05) is 67.4 Å². The first kappa shape index (κ1) is 42.1. The molecule has 334 valence electrons. The largest absolute Gasteiger partial charge is 0.313 e. The first-order valence-electron chi connectivity index (χ1n) is 24.8. The van der Waals surface area contributed by atoms with Gasteiger partial charge >= 0.3 is 0 Å². The Morgan fingerprint density at radius 1 is 0.552 bits per heavy atom. The Morgan fingerprint density at radius 2 is 1.16 bits per heavy atom. The van der Waals surface area contributed by atoms with Crippen molar-refractivity contribution in [3.63, 3.8) is 0 Å². The average molecular weight is 874 g/mol. The van der Waals surface area contributed by atoms with Crippen LogP contribution in [0.5, 0.6) is 0 Å². The summed E-state index contributed by atoms with van der Waals surface area (Å²) in [6.07, 6.45) is 2.36. The SMILES string of the molecule is Cc1cc2c3c(c1)-n1c4c(c5cc(C(C)(C)C)cc(c51)B3c1ccc(N(c3ccccc3C)c3ccccc3C)cc1N2c1cc2c(cc1C)C(C)(C)CCC2(C)C)-c1ccccc1C4(C)C. The second-order valence-corrected chi connectivity index (χ2v) is 23.5. The minimum absolute atomic E-state index is 0.0234. The highest BCUT2D eigenvalue weighted by atomic mass is 15.2. The number of nitrogens with zero attached hydrogens (tertiary/aromatic N) is 3. The topological polar surface area (TPSA) is 11.4 Å². The fourth-order valence-corrected chi connectivity index (χ4v) is 13.0. The number of hydrogen-bond donors (Lipinski definition) is 0. The van der Waals surface area contributed by atoms with Crippen LogP contribution in [0.4, 0.5) is 34.1 Å². The summed E-state index contributed by atoms with van der Waals surface area (Å²) in [5, 5.41) is 1.38. The molecule has 7 aromatic carbocycles. The lowest BCUT2D eigenvalue weighted by molar-refractivity contribution is 0.332. The van der Waals surface area contributed by atoms with Crippen molar-refractivity contribution in [1.29, 1.82) is 0 Å². The zero-order chi connectivity index (χ0) is 46.9. The van der Waals surface area contributed by atoms with Crippen LogP contribution in [-0.4, -0.2) is 11.3 Å². The van der Waals surface area contributed by atoms with E-state index in [4.69, 9.17) is 0 Å². The van der Waals surface area contributed by atoms with Gasteiger partial charge in [0.2, 0.25) is 0 Å². The first-order chi connectivity index (χ1) is 31.8. The molecule has 0 bridgehead atoms. The zero-order valence-electron chi connectivity index (χ0n) is 42.0. The molecule has 0 amide bonds. The molecule has 0 saturated carbocycles. The Bertz CT molecular complexity index is 3400. The number of benzene rings is 7. The molecule has 0 unspecified atom stereocenters. The summed E-state index contributed by atoms with van der Waals surface area (Å²) in [4.78, 5) is 5.20. The summed E-state index contributed by atoms with van der Waals surface area (Å²) in [6.45, 7) is 31.1. The van der Waals surface area contributed by atoms with Crippen molar-refractivity contribution in [2.75, 3.05) is 9.80 Å². The Kier molecular flexibility index (Phi) is 8.75. The summed E-state index contributed by atoms with van der Waals surface area (Å²) >= 11 is 0. The first-order valence-corrected chi connectivity index (χ1v) is 24.8. The van der Waals surface area contributed by atoms with Crippen LogP contribution < -0.4 is 26.2 Å². The average Bonchev–Trinajstić information content (AvgIpc) is 3.75. The third-order valence-corrected chi connectivity index (χ3v) is 16.7. The maximum Gasteiger partial charge on any atom is 0.252 e. The molecule has 2 aliphatic carbocycles. The third-order valence-electron chi connectivity index (χ3n) is 16.7. The minimum atomic E-state index is -0.198. The molecule has 3 nitrogen and oxygen atoms in total. The van der Waals surface area contributed by atoms with Crippen molar-refractivity contribution >= 4 is 68.1 Å².